The number of anilines is 1. The molecular formula is C20H19N3OS2. The molecule has 0 fully saturated rings. The van der Waals surface area contributed by atoms with E-state index in [0.717, 1.165) is 21.5 Å². The van der Waals surface area contributed by atoms with Crippen molar-refractivity contribution in [2.75, 3.05) is 11.4 Å². The van der Waals surface area contributed by atoms with Gasteiger partial charge in [-0.25, -0.2) is 4.99 Å². The lowest BCUT2D eigenvalue weighted by atomic mass is 10.2. The van der Waals surface area contributed by atoms with E-state index in [1.807, 2.05) is 55.5 Å². The summed E-state index contributed by atoms with van der Waals surface area (Å²) in [6.45, 7) is 2.30. The van der Waals surface area contributed by atoms with E-state index < -0.39 is 0 Å². The summed E-state index contributed by atoms with van der Waals surface area (Å²) < 4.78 is 0.915. The summed E-state index contributed by atoms with van der Waals surface area (Å²) in [4.78, 5) is 19.4. The van der Waals surface area contributed by atoms with E-state index in [4.69, 9.17) is 5.26 Å². The second kappa shape index (κ2) is 8.93. The second-order valence-electron chi connectivity index (χ2n) is 5.79. The molecule has 0 spiro atoms. The van der Waals surface area contributed by atoms with Crippen molar-refractivity contribution in [3.63, 3.8) is 0 Å². The first-order valence-corrected chi connectivity index (χ1v) is 10.2. The molecule has 0 bridgehead atoms. The first kappa shape index (κ1) is 18.6. The highest BCUT2D eigenvalue weighted by atomic mass is 32.2. The number of nitriles is 1. The molecule has 2 aromatic carbocycles. The molecule has 4 nitrogen and oxygen atoms in total. The second-order valence-corrected chi connectivity index (χ2v) is 8.34. The standard InChI is InChI=1S/C20H19N3OS2/c1-15(26-20-22-18-11-6-5-8-16(18)14-25-20)19(24)23(13-7-12-21)17-9-3-2-4-10-17/h2-6,8-11,15H,7,13-14H2,1H3/t15-/m0/s1. The van der Waals surface area contributed by atoms with E-state index in [0.29, 0.717) is 13.0 Å². The van der Waals surface area contributed by atoms with Crippen molar-refractivity contribution < 1.29 is 4.79 Å². The van der Waals surface area contributed by atoms with Gasteiger partial charge in [-0.1, -0.05) is 59.9 Å². The van der Waals surface area contributed by atoms with Crippen LogP contribution in [-0.4, -0.2) is 22.1 Å². The highest BCUT2D eigenvalue weighted by Gasteiger charge is 2.25. The van der Waals surface area contributed by atoms with E-state index in [2.05, 4.69) is 17.1 Å². The number of benzene rings is 2. The summed E-state index contributed by atoms with van der Waals surface area (Å²) in [6, 6.07) is 19.7. The van der Waals surface area contributed by atoms with Crippen molar-refractivity contribution in [1.82, 2.24) is 0 Å². The lowest BCUT2D eigenvalue weighted by Gasteiger charge is -2.25. The molecule has 0 saturated heterocycles. The molecular weight excluding hydrogens is 362 g/mol. The van der Waals surface area contributed by atoms with Gasteiger partial charge in [0.05, 0.1) is 23.4 Å². The molecule has 3 rings (SSSR count). The van der Waals surface area contributed by atoms with E-state index in [9.17, 15) is 4.79 Å². The van der Waals surface area contributed by atoms with Gasteiger partial charge in [-0.05, 0) is 30.7 Å². The summed E-state index contributed by atoms with van der Waals surface area (Å²) in [5.41, 5.74) is 3.03. The number of fused-ring (bicyclic) bond motifs is 1. The van der Waals surface area contributed by atoms with E-state index >= 15 is 0 Å². The summed E-state index contributed by atoms with van der Waals surface area (Å²) in [7, 11) is 0. The van der Waals surface area contributed by atoms with Crippen LogP contribution in [0, 0.1) is 11.3 Å². The molecule has 0 radical (unpaired) electrons. The molecule has 6 heteroatoms. The van der Waals surface area contributed by atoms with Crippen LogP contribution in [0.3, 0.4) is 0 Å². The molecule has 1 aliphatic rings. The number of carbonyl (C=O) groups is 1. The van der Waals surface area contributed by atoms with Crippen LogP contribution >= 0.6 is 23.5 Å². The molecule has 0 unspecified atom stereocenters. The molecule has 132 valence electrons. The third-order valence-electron chi connectivity index (χ3n) is 3.96. The van der Waals surface area contributed by atoms with Gasteiger partial charge in [0.2, 0.25) is 5.91 Å². The van der Waals surface area contributed by atoms with Gasteiger partial charge < -0.3 is 4.90 Å². The van der Waals surface area contributed by atoms with Crippen LogP contribution < -0.4 is 4.90 Å². The van der Waals surface area contributed by atoms with E-state index in [-0.39, 0.29) is 11.2 Å². The highest BCUT2D eigenvalue weighted by Crippen LogP contribution is 2.36. The van der Waals surface area contributed by atoms with Crippen molar-refractivity contribution in [1.29, 1.82) is 5.26 Å². The number of hydrogen-bond donors (Lipinski definition) is 0. The Morgan fingerprint density at radius 3 is 2.77 bits per heavy atom. The van der Waals surface area contributed by atoms with Crippen LogP contribution in [0.25, 0.3) is 0 Å². The lowest BCUT2D eigenvalue weighted by Crippen LogP contribution is -2.37. The van der Waals surface area contributed by atoms with Crippen molar-refractivity contribution in [3.05, 3.63) is 60.2 Å². The Morgan fingerprint density at radius 2 is 2.00 bits per heavy atom. The van der Waals surface area contributed by atoms with Crippen LogP contribution in [0.15, 0.2) is 59.6 Å². The fourth-order valence-electron chi connectivity index (χ4n) is 2.63. The minimum Gasteiger partial charge on any atom is -0.310 e. The molecule has 0 aromatic heterocycles. The first-order valence-electron chi connectivity index (χ1n) is 8.38. The number of para-hydroxylation sites is 2. The predicted octanol–water partition coefficient (Wildman–Crippen LogP) is 4.99. The van der Waals surface area contributed by atoms with Gasteiger partial charge in [-0.3, -0.25) is 4.79 Å². The maximum absolute atomic E-state index is 13.0. The number of thioether (sulfide) groups is 2. The molecule has 0 saturated carbocycles. The monoisotopic (exact) mass is 381 g/mol. The number of rotatable bonds is 5. The average molecular weight is 382 g/mol. The van der Waals surface area contributed by atoms with Gasteiger partial charge in [-0.2, -0.15) is 5.26 Å². The number of hydrogen-bond acceptors (Lipinski definition) is 5. The quantitative estimate of drug-likeness (QED) is 0.732. The minimum absolute atomic E-state index is 0.00129. The van der Waals surface area contributed by atoms with Gasteiger partial charge >= 0.3 is 0 Å². The summed E-state index contributed by atoms with van der Waals surface area (Å²) >= 11 is 3.15. The Bertz CT molecular complexity index is 846. The van der Waals surface area contributed by atoms with Crippen LogP contribution in [0.4, 0.5) is 11.4 Å². The molecule has 26 heavy (non-hydrogen) atoms. The zero-order valence-corrected chi connectivity index (χ0v) is 16.1. The lowest BCUT2D eigenvalue weighted by molar-refractivity contribution is -0.117. The van der Waals surface area contributed by atoms with Gasteiger partial charge in [0, 0.05) is 18.0 Å². The summed E-state index contributed by atoms with van der Waals surface area (Å²) in [5, 5.41) is 8.65. The molecule has 1 aliphatic heterocycles. The molecule has 2 aromatic rings. The van der Waals surface area contributed by atoms with Crippen molar-refractivity contribution in [3.8, 4) is 6.07 Å². The third-order valence-corrected chi connectivity index (χ3v) is 6.24. The van der Waals surface area contributed by atoms with Crippen molar-refractivity contribution in [2.45, 2.75) is 24.3 Å². The van der Waals surface area contributed by atoms with Gasteiger partial charge in [0.1, 0.15) is 4.38 Å². The van der Waals surface area contributed by atoms with Crippen molar-refractivity contribution >= 4 is 45.2 Å². The Hall–Kier alpha value is -2.23. The Balaban J connectivity index is 1.73. The van der Waals surface area contributed by atoms with E-state index in [1.54, 1.807) is 16.7 Å². The normalized spacial score (nSPS) is 13.9. The zero-order valence-electron chi connectivity index (χ0n) is 14.5. The predicted molar refractivity (Wildman–Crippen MR) is 111 cm³/mol. The Labute approximate surface area is 162 Å². The molecule has 1 amide bonds. The van der Waals surface area contributed by atoms with Crippen LogP contribution in [0.2, 0.25) is 0 Å². The summed E-state index contributed by atoms with van der Waals surface area (Å²) in [5.74, 6) is 0.873. The Morgan fingerprint density at radius 1 is 1.27 bits per heavy atom. The highest BCUT2D eigenvalue weighted by molar-refractivity contribution is 8.39. The molecule has 1 heterocycles. The molecule has 0 N–H and O–H groups in total. The minimum atomic E-state index is -0.273. The van der Waals surface area contributed by atoms with Crippen LogP contribution in [0.1, 0.15) is 18.9 Å². The number of amides is 1. The fraction of sp³-hybridized carbons (Fsp3) is 0.250. The SMILES string of the molecule is C[C@H](SC1=Nc2ccccc2CS1)C(=O)N(CCC#N)c1ccccc1. The molecule has 0 aliphatic carbocycles. The average Bonchev–Trinajstić information content (AvgIpc) is 2.69. The zero-order chi connectivity index (χ0) is 18.4. The molecule has 1 atom stereocenters. The number of aliphatic imine (C=N–C) groups is 1. The maximum Gasteiger partial charge on any atom is 0.240 e. The number of carbonyl (C=O) groups excluding carboxylic acids is 1. The van der Waals surface area contributed by atoms with E-state index in [1.165, 1.54) is 17.3 Å². The Kier molecular flexibility index (Phi) is 6.37. The van der Waals surface area contributed by atoms with Gasteiger partial charge in [-0.15, -0.1) is 0 Å². The summed E-state index contributed by atoms with van der Waals surface area (Å²) in [6.07, 6.45) is 0.307. The number of nitrogens with zero attached hydrogens (tertiary/aromatic N) is 3. The first-order chi connectivity index (χ1) is 12.7. The van der Waals surface area contributed by atoms with Gasteiger partial charge in [0.25, 0.3) is 0 Å². The maximum atomic E-state index is 13.0. The van der Waals surface area contributed by atoms with Crippen LogP contribution in [0.5, 0.6) is 0 Å². The largest absolute Gasteiger partial charge is 0.310 e. The smallest absolute Gasteiger partial charge is 0.240 e. The van der Waals surface area contributed by atoms with Crippen molar-refractivity contribution in [2.24, 2.45) is 4.99 Å². The van der Waals surface area contributed by atoms with Crippen LogP contribution in [-0.2, 0) is 10.5 Å². The fourth-order valence-corrected chi connectivity index (χ4v) is 4.88. The topological polar surface area (TPSA) is 56.5 Å². The van der Waals surface area contributed by atoms with Gasteiger partial charge in [0.15, 0.2) is 0 Å². The third kappa shape index (κ3) is 4.48.